The van der Waals surface area contributed by atoms with Crippen LogP contribution in [0.2, 0.25) is 0 Å². The minimum Gasteiger partial charge on any atom is -0.348 e. The van der Waals surface area contributed by atoms with Crippen molar-refractivity contribution in [3.05, 3.63) is 28.7 Å². The zero-order valence-corrected chi connectivity index (χ0v) is 10.4. The molecule has 2 rings (SSSR count). The SMILES string of the molecule is Cc1csc(CNC(=O)[C@@H](C)n2cncn2)n1. The lowest BCUT2D eigenvalue weighted by molar-refractivity contribution is -0.124. The molecule has 1 N–H and O–H groups in total. The van der Waals surface area contributed by atoms with Gasteiger partial charge in [-0.2, -0.15) is 5.10 Å². The van der Waals surface area contributed by atoms with Crippen LogP contribution in [0.25, 0.3) is 0 Å². The van der Waals surface area contributed by atoms with Gasteiger partial charge in [-0.1, -0.05) is 0 Å². The van der Waals surface area contributed by atoms with E-state index < -0.39 is 0 Å². The van der Waals surface area contributed by atoms with Gasteiger partial charge in [0, 0.05) is 11.1 Å². The van der Waals surface area contributed by atoms with Crippen molar-refractivity contribution < 1.29 is 4.79 Å². The number of hydrogen-bond donors (Lipinski definition) is 1. The van der Waals surface area contributed by atoms with Gasteiger partial charge in [0.15, 0.2) is 0 Å². The minimum absolute atomic E-state index is 0.0941. The molecule has 2 heterocycles. The van der Waals surface area contributed by atoms with E-state index in [0.717, 1.165) is 10.7 Å². The lowest BCUT2D eigenvalue weighted by atomic mass is 10.3. The highest BCUT2D eigenvalue weighted by Crippen LogP contribution is 2.09. The van der Waals surface area contributed by atoms with Crippen LogP contribution in [0, 0.1) is 6.92 Å². The van der Waals surface area contributed by atoms with Crippen molar-refractivity contribution in [1.82, 2.24) is 25.1 Å². The standard InChI is InChI=1S/C10H13N5OS/c1-7-4-17-9(14-7)3-12-10(16)8(2)15-6-11-5-13-15/h4-6,8H,3H2,1-2H3,(H,12,16)/t8-/m1/s1. The van der Waals surface area contributed by atoms with E-state index in [9.17, 15) is 4.79 Å². The van der Waals surface area contributed by atoms with E-state index in [-0.39, 0.29) is 11.9 Å². The molecule has 0 aliphatic rings. The van der Waals surface area contributed by atoms with Crippen LogP contribution in [0.15, 0.2) is 18.0 Å². The van der Waals surface area contributed by atoms with E-state index in [0.29, 0.717) is 6.54 Å². The molecule has 0 aliphatic carbocycles. The largest absolute Gasteiger partial charge is 0.348 e. The maximum absolute atomic E-state index is 11.8. The second kappa shape index (κ2) is 5.05. The Labute approximate surface area is 103 Å². The molecule has 2 aromatic rings. The summed E-state index contributed by atoms with van der Waals surface area (Å²) in [5.41, 5.74) is 0.976. The Kier molecular flexibility index (Phi) is 3.48. The summed E-state index contributed by atoms with van der Waals surface area (Å²) in [4.78, 5) is 19.9. The number of nitrogens with one attached hydrogen (secondary N) is 1. The number of rotatable bonds is 4. The molecule has 1 amide bonds. The number of aryl methyl sites for hydroxylation is 1. The number of carbonyl (C=O) groups is 1. The van der Waals surface area contributed by atoms with Crippen molar-refractivity contribution in [3.63, 3.8) is 0 Å². The first-order valence-electron chi connectivity index (χ1n) is 5.19. The van der Waals surface area contributed by atoms with Gasteiger partial charge in [0.25, 0.3) is 0 Å². The third-order valence-corrected chi connectivity index (χ3v) is 3.26. The van der Waals surface area contributed by atoms with Crippen molar-refractivity contribution in [2.75, 3.05) is 0 Å². The molecule has 0 saturated heterocycles. The number of aromatic nitrogens is 4. The first-order chi connectivity index (χ1) is 8.16. The van der Waals surface area contributed by atoms with Crippen LogP contribution in [0.3, 0.4) is 0 Å². The van der Waals surface area contributed by atoms with E-state index in [1.54, 1.807) is 18.3 Å². The summed E-state index contributed by atoms with van der Waals surface area (Å²) in [6.45, 7) is 4.16. The summed E-state index contributed by atoms with van der Waals surface area (Å²) < 4.78 is 1.52. The number of hydrogen-bond acceptors (Lipinski definition) is 5. The van der Waals surface area contributed by atoms with Gasteiger partial charge in [-0.15, -0.1) is 11.3 Å². The van der Waals surface area contributed by atoms with Crippen molar-refractivity contribution in [3.8, 4) is 0 Å². The average Bonchev–Trinajstić information content (AvgIpc) is 2.95. The highest BCUT2D eigenvalue weighted by Gasteiger charge is 2.15. The fraction of sp³-hybridized carbons (Fsp3) is 0.400. The van der Waals surface area contributed by atoms with Gasteiger partial charge < -0.3 is 5.32 Å². The summed E-state index contributed by atoms with van der Waals surface area (Å²) in [5.74, 6) is -0.0941. The van der Waals surface area contributed by atoms with Gasteiger partial charge in [0.05, 0.1) is 6.54 Å². The lowest BCUT2D eigenvalue weighted by Gasteiger charge is -2.10. The number of carbonyl (C=O) groups excluding carboxylic acids is 1. The molecular formula is C10H13N5OS. The topological polar surface area (TPSA) is 72.7 Å². The molecule has 17 heavy (non-hydrogen) atoms. The molecule has 6 nitrogen and oxygen atoms in total. The monoisotopic (exact) mass is 251 g/mol. The summed E-state index contributed by atoms with van der Waals surface area (Å²) in [6, 6.07) is -0.362. The van der Waals surface area contributed by atoms with Crippen molar-refractivity contribution in [1.29, 1.82) is 0 Å². The molecule has 0 saturated carbocycles. The van der Waals surface area contributed by atoms with Crippen molar-refractivity contribution >= 4 is 17.2 Å². The van der Waals surface area contributed by atoms with Gasteiger partial charge in [-0.05, 0) is 13.8 Å². The summed E-state index contributed by atoms with van der Waals surface area (Å²) in [7, 11) is 0. The highest BCUT2D eigenvalue weighted by atomic mass is 32.1. The fourth-order valence-electron chi connectivity index (χ4n) is 1.33. The van der Waals surface area contributed by atoms with Crippen molar-refractivity contribution in [2.45, 2.75) is 26.4 Å². The van der Waals surface area contributed by atoms with E-state index in [1.165, 1.54) is 17.3 Å². The first kappa shape index (κ1) is 11.7. The van der Waals surface area contributed by atoms with Gasteiger partial charge in [-0.25, -0.2) is 14.6 Å². The van der Waals surface area contributed by atoms with Crippen LogP contribution < -0.4 is 5.32 Å². The summed E-state index contributed by atoms with van der Waals surface area (Å²) in [6.07, 6.45) is 2.94. The summed E-state index contributed by atoms with van der Waals surface area (Å²) >= 11 is 1.54. The number of nitrogens with zero attached hydrogens (tertiary/aromatic N) is 4. The molecule has 0 aromatic carbocycles. The maximum atomic E-state index is 11.8. The third kappa shape index (κ3) is 2.88. The molecule has 0 fully saturated rings. The second-order valence-electron chi connectivity index (χ2n) is 3.65. The van der Waals surface area contributed by atoms with Crippen LogP contribution in [-0.4, -0.2) is 25.7 Å². The molecule has 0 radical (unpaired) electrons. The Morgan fingerprint density at radius 3 is 3.06 bits per heavy atom. The normalized spacial score (nSPS) is 12.4. The predicted molar refractivity (Wildman–Crippen MR) is 63.4 cm³/mol. The maximum Gasteiger partial charge on any atom is 0.244 e. The minimum atomic E-state index is -0.362. The Bertz CT molecular complexity index is 493. The molecule has 90 valence electrons. The van der Waals surface area contributed by atoms with Crippen LogP contribution in [0.5, 0.6) is 0 Å². The molecule has 7 heteroatoms. The zero-order valence-electron chi connectivity index (χ0n) is 9.62. The first-order valence-corrected chi connectivity index (χ1v) is 6.07. The Balaban J connectivity index is 1.89. The fourth-order valence-corrected chi connectivity index (χ4v) is 2.04. The van der Waals surface area contributed by atoms with E-state index in [4.69, 9.17) is 0 Å². The van der Waals surface area contributed by atoms with Gasteiger partial charge in [0.1, 0.15) is 23.7 Å². The average molecular weight is 251 g/mol. The Morgan fingerprint density at radius 1 is 1.65 bits per heavy atom. The van der Waals surface area contributed by atoms with Gasteiger partial charge in [0.2, 0.25) is 5.91 Å². The van der Waals surface area contributed by atoms with Gasteiger partial charge >= 0.3 is 0 Å². The lowest BCUT2D eigenvalue weighted by Crippen LogP contribution is -2.30. The zero-order chi connectivity index (χ0) is 12.3. The second-order valence-corrected chi connectivity index (χ2v) is 4.59. The van der Waals surface area contributed by atoms with Gasteiger partial charge in [-0.3, -0.25) is 4.79 Å². The van der Waals surface area contributed by atoms with E-state index in [1.807, 2.05) is 12.3 Å². The Morgan fingerprint density at radius 2 is 2.47 bits per heavy atom. The van der Waals surface area contributed by atoms with Crippen LogP contribution in [-0.2, 0) is 11.3 Å². The molecule has 0 spiro atoms. The molecule has 0 unspecified atom stereocenters. The quantitative estimate of drug-likeness (QED) is 0.877. The van der Waals surface area contributed by atoms with E-state index in [2.05, 4.69) is 20.4 Å². The van der Waals surface area contributed by atoms with Crippen LogP contribution in [0.1, 0.15) is 23.7 Å². The number of amides is 1. The molecule has 0 aliphatic heterocycles. The molecule has 2 aromatic heterocycles. The molecular weight excluding hydrogens is 238 g/mol. The third-order valence-electron chi connectivity index (χ3n) is 2.29. The highest BCUT2D eigenvalue weighted by molar-refractivity contribution is 7.09. The van der Waals surface area contributed by atoms with Crippen LogP contribution >= 0.6 is 11.3 Å². The van der Waals surface area contributed by atoms with Crippen molar-refractivity contribution in [2.24, 2.45) is 0 Å². The number of thiazole rings is 1. The molecule has 1 atom stereocenters. The molecule has 0 bridgehead atoms. The smallest absolute Gasteiger partial charge is 0.244 e. The summed E-state index contributed by atoms with van der Waals surface area (Å²) in [5, 5.41) is 9.61. The predicted octanol–water partition coefficient (Wildman–Crippen LogP) is 0.920. The van der Waals surface area contributed by atoms with E-state index >= 15 is 0 Å². The van der Waals surface area contributed by atoms with Crippen LogP contribution in [0.4, 0.5) is 0 Å². The Hall–Kier alpha value is -1.76.